The Balaban J connectivity index is 0.00000196. The number of thioether (sulfide) groups is 1. The number of aryl methyl sites for hydroxylation is 2. The molecule has 0 spiro atoms. The molecule has 3 aromatic rings. The Morgan fingerprint density at radius 1 is 1.00 bits per heavy atom. The van der Waals surface area contributed by atoms with E-state index >= 15 is 0 Å². The Morgan fingerprint density at radius 2 is 1.77 bits per heavy atom. The van der Waals surface area contributed by atoms with Crippen molar-refractivity contribution in [3.05, 3.63) is 69.7 Å². The molecule has 0 fully saturated rings. The Morgan fingerprint density at radius 3 is 2.50 bits per heavy atom. The molecule has 0 bridgehead atoms. The molecule has 0 atom stereocenters. The number of amidine groups is 1. The Hall–Kier alpha value is -0.950. The van der Waals surface area contributed by atoms with E-state index in [4.69, 9.17) is 28.2 Å². The van der Waals surface area contributed by atoms with E-state index in [0.29, 0.717) is 10.0 Å². The van der Waals surface area contributed by atoms with Crippen molar-refractivity contribution in [2.24, 2.45) is 4.99 Å². The smallest absolute Gasteiger partial charge is 0.165 e. The number of hydrogen-bond donors (Lipinski definition) is 1. The summed E-state index contributed by atoms with van der Waals surface area (Å²) in [7, 11) is 0. The van der Waals surface area contributed by atoms with Gasteiger partial charge in [0, 0.05) is 11.1 Å². The van der Waals surface area contributed by atoms with E-state index in [1.807, 2.05) is 18.4 Å². The van der Waals surface area contributed by atoms with Gasteiger partial charge < -0.3 is 5.32 Å². The van der Waals surface area contributed by atoms with Crippen LogP contribution in [-0.2, 0) is 12.8 Å². The summed E-state index contributed by atoms with van der Waals surface area (Å²) in [6.45, 7) is 0. The SMILES string of the molecule is CSC(=Nc1ccc2c3c(cccc13)CC2)Nc1ccc(Cl)c(Cl)c1.I. The molecule has 0 saturated carbocycles. The van der Waals surface area contributed by atoms with Crippen LogP contribution in [0.2, 0.25) is 10.0 Å². The average Bonchev–Trinajstić information content (AvgIpc) is 3.04. The second-order valence-corrected chi connectivity index (χ2v) is 7.57. The first-order valence-corrected chi connectivity index (χ1v) is 10.0. The summed E-state index contributed by atoms with van der Waals surface area (Å²) in [5, 5.41) is 7.80. The molecule has 134 valence electrons. The first-order valence-electron chi connectivity index (χ1n) is 8.04. The van der Waals surface area contributed by atoms with Crippen LogP contribution in [0, 0.1) is 0 Å². The fraction of sp³-hybridized carbons (Fsp3) is 0.150. The highest BCUT2D eigenvalue weighted by Crippen LogP contribution is 2.36. The lowest BCUT2D eigenvalue weighted by molar-refractivity contribution is 1.02. The number of halogens is 3. The molecule has 0 unspecified atom stereocenters. The third kappa shape index (κ3) is 3.84. The van der Waals surface area contributed by atoms with Crippen LogP contribution in [0.5, 0.6) is 0 Å². The van der Waals surface area contributed by atoms with Gasteiger partial charge in [0.2, 0.25) is 0 Å². The van der Waals surface area contributed by atoms with Crippen molar-refractivity contribution in [1.29, 1.82) is 0 Å². The zero-order chi connectivity index (χ0) is 17.4. The number of nitrogens with zero attached hydrogens (tertiary/aromatic N) is 1. The number of aliphatic imine (C=N–C) groups is 1. The van der Waals surface area contributed by atoms with E-state index < -0.39 is 0 Å². The Kier molecular flexibility index (Phi) is 6.38. The second-order valence-electron chi connectivity index (χ2n) is 5.96. The van der Waals surface area contributed by atoms with Gasteiger partial charge in [-0.1, -0.05) is 59.2 Å². The van der Waals surface area contributed by atoms with Crippen molar-refractivity contribution in [2.45, 2.75) is 12.8 Å². The largest absolute Gasteiger partial charge is 0.335 e. The topological polar surface area (TPSA) is 24.4 Å². The Labute approximate surface area is 184 Å². The van der Waals surface area contributed by atoms with E-state index in [1.54, 1.807) is 17.8 Å². The van der Waals surface area contributed by atoms with Crippen LogP contribution in [0.25, 0.3) is 10.8 Å². The minimum Gasteiger partial charge on any atom is -0.335 e. The number of nitrogens with one attached hydrogen (secondary N) is 1. The molecular weight excluding hydrogens is 498 g/mol. The van der Waals surface area contributed by atoms with Gasteiger partial charge in [-0.15, -0.1) is 24.0 Å². The molecule has 0 radical (unpaired) electrons. The predicted molar refractivity (Wildman–Crippen MR) is 127 cm³/mol. The molecule has 0 heterocycles. The van der Waals surface area contributed by atoms with E-state index in [1.165, 1.54) is 21.9 Å². The maximum atomic E-state index is 6.10. The maximum absolute atomic E-state index is 6.10. The monoisotopic (exact) mass is 514 g/mol. The highest BCUT2D eigenvalue weighted by Gasteiger charge is 2.15. The lowest BCUT2D eigenvalue weighted by Gasteiger charge is -2.10. The molecule has 4 rings (SSSR count). The fourth-order valence-electron chi connectivity index (χ4n) is 3.26. The molecule has 1 aliphatic carbocycles. The molecule has 1 N–H and O–H groups in total. The quantitative estimate of drug-likeness (QED) is 0.220. The molecule has 1 aliphatic rings. The number of rotatable bonds is 2. The zero-order valence-corrected chi connectivity index (χ0v) is 18.7. The van der Waals surface area contributed by atoms with Gasteiger partial charge in [0.15, 0.2) is 5.17 Å². The minimum atomic E-state index is 0. The zero-order valence-electron chi connectivity index (χ0n) is 14.1. The molecular formula is C20H17Cl2IN2S. The molecule has 3 aromatic carbocycles. The molecule has 6 heteroatoms. The fourth-order valence-corrected chi connectivity index (χ4v) is 3.97. The van der Waals surface area contributed by atoms with Crippen LogP contribution in [-0.4, -0.2) is 11.4 Å². The van der Waals surface area contributed by atoms with Crippen LogP contribution in [0.15, 0.2) is 53.5 Å². The van der Waals surface area contributed by atoms with Gasteiger partial charge in [-0.3, -0.25) is 0 Å². The van der Waals surface area contributed by atoms with Gasteiger partial charge >= 0.3 is 0 Å². The normalized spacial score (nSPS) is 13.0. The molecule has 0 saturated heterocycles. The van der Waals surface area contributed by atoms with Gasteiger partial charge in [-0.25, -0.2) is 4.99 Å². The molecule has 0 aromatic heterocycles. The van der Waals surface area contributed by atoms with Gasteiger partial charge in [0.1, 0.15) is 0 Å². The van der Waals surface area contributed by atoms with Crippen molar-refractivity contribution in [2.75, 3.05) is 11.6 Å². The van der Waals surface area contributed by atoms with Gasteiger partial charge in [0.25, 0.3) is 0 Å². The van der Waals surface area contributed by atoms with Crippen molar-refractivity contribution in [3.63, 3.8) is 0 Å². The first-order chi connectivity index (χ1) is 12.2. The summed E-state index contributed by atoms with van der Waals surface area (Å²) >= 11 is 13.7. The third-order valence-corrected chi connectivity index (χ3v) is 5.76. The van der Waals surface area contributed by atoms with Crippen LogP contribution in [0.4, 0.5) is 11.4 Å². The van der Waals surface area contributed by atoms with Crippen molar-refractivity contribution in [1.82, 2.24) is 0 Å². The lowest BCUT2D eigenvalue weighted by atomic mass is 10.0. The van der Waals surface area contributed by atoms with Gasteiger partial charge in [-0.2, -0.15) is 0 Å². The van der Waals surface area contributed by atoms with Crippen molar-refractivity contribution in [3.8, 4) is 0 Å². The van der Waals surface area contributed by atoms with E-state index in [-0.39, 0.29) is 24.0 Å². The van der Waals surface area contributed by atoms with E-state index in [9.17, 15) is 0 Å². The van der Waals surface area contributed by atoms with Crippen LogP contribution in [0.1, 0.15) is 11.1 Å². The average molecular weight is 515 g/mol. The number of benzene rings is 3. The summed E-state index contributed by atoms with van der Waals surface area (Å²) in [5.74, 6) is 0. The second kappa shape index (κ2) is 8.38. The summed E-state index contributed by atoms with van der Waals surface area (Å²) in [6.07, 6.45) is 4.25. The summed E-state index contributed by atoms with van der Waals surface area (Å²) in [5.41, 5.74) is 4.70. The number of anilines is 1. The number of hydrogen-bond acceptors (Lipinski definition) is 2. The highest BCUT2D eigenvalue weighted by molar-refractivity contribution is 14.0. The molecule has 0 amide bonds. The predicted octanol–water partition coefficient (Wildman–Crippen LogP) is 7.33. The lowest BCUT2D eigenvalue weighted by Crippen LogP contribution is -2.06. The van der Waals surface area contributed by atoms with Crippen molar-refractivity contribution < 1.29 is 0 Å². The van der Waals surface area contributed by atoms with E-state index in [0.717, 1.165) is 29.4 Å². The van der Waals surface area contributed by atoms with E-state index in [2.05, 4.69) is 35.6 Å². The van der Waals surface area contributed by atoms with Crippen LogP contribution >= 0.6 is 58.9 Å². The third-order valence-electron chi connectivity index (χ3n) is 4.44. The minimum absolute atomic E-state index is 0. The molecule has 2 nitrogen and oxygen atoms in total. The highest BCUT2D eigenvalue weighted by atomic mass is 127. The standard InChI is InChI=1S/C20H16Cl2N2S.HI/c1-25-20(23-14-8-9-16(21)17(22)11-14)24-18-10-7-13-6-5-12-3-2-4-15(18)19(12)13;/h2-4,7-11H,5-6H2,1H3,(H,23,24);1H. The summed E-state index contributed by atoms with van der Waals surface area (Å²) in [6, 6.07) is 16.3. The van der Waals surface area contributed by atoms with Crippen LogP contribution < -0.4 is 5.32 Å². The summed E-state index contributed by atoms with van der Waals surface area (Å²) < 4.78 is 0. The first kappa shape index (κ1) is 19.8. The molecule has 26 heavy (non-hydrogen) atoms. The summed E-state index contributed by atoms with van der Waals surface area (Å²) in [4.78, 5) is 4.86. The van der Waals surface area contributed by atoms with Gasteiger partial charge in [0.05, 0.1) is 15.7 Å². The maximum Gasteiger partial charge on any atom is 0.165 e. The van der Waals surface area contributed by atoms with Crippen molar-refractivity contribution >= 4 is 86.3 Å². The Bertz CT molecular complexity index is 994. The van der Waals surface area contributed by atoms with Crippen LogP contribution in [0.3, 0.4) is 0 Å². The van der Waals surface area contributed by atoms with Gasteiger partial charge in [-0.05, 0) is 59.9 Å². The molecule has 0 aliphatic heterocycles.